The van der Waals surface area contributed by atoms with Crippen LogP contribution in [-0.4, -0.2) is 18.4 Å². The third kappa shape index (κ3) is 2.38. The van der Waals surface area contributed by atoms with Crippen LogP contribution in [0.4, 0.5) is 5.69 Å². The van der Waals surface area contributed by atoms with E-state index in [9.17, 15) is 8.42 Å². The molecule has 0 aliphatic rings. The maximum absolute atomic E-state index is 12.1. The van der Waals surface area contributed by atoms with Crippen molar-refractivity contribution in [1.29, 1.82) is 0 Å². The number of imidazole rings is 1. The second-order valence-corrected chi connectivity index (χ2v) is 5.86. The number of nitrogens with zero attached hydrogens (tertiary/aromatic N) is 1. The number of hydrogen-bond acceptors (Lipinski definition) is 3. The van der Waals surface area contributed by atoms with Crippen molar-refractivity contribution in [2.45, 2.75) is 25.8 Å². The standard InChI is InChI=1S/C12H15N3O2S/c1-8-5-4-6-9(2)12(8)15-18(16,17)11-7-13-10(3)14-11/h4-7,15H,1-3H3,(H,13,14). The highest BCUT2D eigenvalue weighted by atomic mass is 32.2. The van der Waals surface area contributed by atoms with Gasteiger partial charge in [0.05, 0.1) is 11.9 Å². The summed E-state index contributed by atoms with van der Waals surface area (Å²) < 4.78 is 26.9. The number of benzene rings is 1. The number of hydrogen-bond donors (Lipinski definition) is 2. The van der Waals surface area contributed by atoms with E-state index in [0.717, 1.165) is 11.1 Å². The summed E-state index contributed by atoms with van der Waals surface area (Å²) in [5.74, 6) is 0.567. The van der Waals surface area contributed by atoms with E-state index in [-0.39, 0.29) is 5.03 Å². The number of H-pyrrole nitrogens is 1. The summed E-state index contributed by atoms with van der Waals surface area (Å²) in [7, 11) is -3.61. The minimum atomic E-state index is -3.61. The van der Waals surface area contributed by atoms with Crippen molar-refractivity contribution in [2.24, 2.45) is 0 Å². The Morgan fingerprint density at radius 2 is 1.78 bits per heavy atom. The molecule has 0 aliphatic heterocycles. The molecule has 0 saturated carbocycles. The van der Waals surface area contributed by atoms with Gasteiger partial charge in [-0.25, -0.2) is 4.98 Å². The predicted octanol–water partition coefficient (Wildman–Crippen LogP) is 2.14. The van der Waals surface area contributed by atoms with Crippen LogP contribution in [0, 0.1) is 20.8 Å². The highest BCUT2D eigenvalue weighted by Crippen LogP contribution is 2.22. The molecule has 2 N–H and O–H groups in total. The second kappa shape index (κ2) is 4.45. The van der Waals surface area contributed by atoms with E-state index < -0.39 is 10.0 Å². The number of rotatable bonds is 3. The third-order valence-electron chi connectivity index (χ3n) is 2.69. The molecule has 0 spiro atoms. The lowest BCUT2D eigenvalue weighted by Gasteiger charge is -2.11. The number of anilines is 1. The number of nitrogens with one attached hydrogen (secondary N) is 2. The third-order valence-corrected chi connectivity index (χ3v) is 3.95. The molecule has 0 bridgehead atoms. The Morgan fingerprint density at radius 1 is 1.17 bits per heavy atom. The first kappa shape index (κ1) is 12.6. The van der Waals surface area contributed by atoms with Crippen molar-refractivity contribution in [2.75, 3.05) is 4.72 Å². The maximum atomic E-state index is 12.1. The van der Waals surface area contributed by atoms with Gasteiger partial charge in [-0.2, -0.15) is 8.42 Å². The minimum absolute atomic E-state index is 0.0719. The molecule has 0 fully saturated rings. The van der Waals surface area contributed by atoms with Gasteiger partial charge < -0.3 is 4.98 Å². The lowest BCUT2D eigenvalue weighted by atomic mass is 10.1. The molecule has 2 aromatic rings. The number of sulfonamides is 1. The Balaban J connectivity index is 2.40. The molecule has 0 atom stereocenters. The summed E-state index contributed by atoms with van der Waals surface area (Å²) in [5.41, 5.74) is 2.38. The smallest absolute Gasteiger partial charge is 0.279 e. The topological polar surface area (TPSA) is 74.8 Å². The Kier molecular flexibility index (Phi) is 3.13. The van der Waals surface area contributed by atoms with Gasteiger partial charge in [-0.3, -0.25) is 4.72 Å². The Labute approximate surface area is 106 Å². The summed E-state index contributed by atoms with van der Waals surface area (Å²) >= 11 is 0. The molecule has 0 saturated heterocycles. The van der Waals surface area contributed by atoms with Crippen LogP contribution in [0.1, 0.15) is 17.0 Å². The van der Waals surface area contributed by atoms with Gasteiger partial charge in [0.1, 0.15) is 5.82 Å². The highest BCUT2D eigenvalue weighted by molar-refractivity contribution is 7.92. The lowest BCUT2D eigenvalue weighted by molar-refractivity contribution is 0.598. The molecule has 1 aromatic carbocycles. The Hall–Kier alpha value is -1.82. The molecule has 0 aliphatic carbocycles. The van der Waals surface area contributed by atoms with E-state index in [1.54, 1.807) is 6.92 Å². The van der Waals surface area contributed by atoms with Crippen molar-refractivity contribution in [1.82, 2.24) is 9.97 Å². The minimum Gasteiger partial charge on any atom is -0.332 e. The Bertz CT molecular complexity index is 654. The molecule has 0 amide bonds. The van der Waals surface area contributed by atoms with Gasteiger partial charge in [0.15, 0.2) is 5.03 Å². The monoisotopic (exact) mass is 265 g/mol. The van der Waals surface area contributed by atoms with Crippen molar-refractivity contribution in [3.05, 3.63) is 41.3 Å². The van der Waals surface area contributed by atoms with Crippen LogP contribution in [0.2, 0.25) is 0 Å². The van der Waals surface area contributed by atoms with Crippen LogP contribution in [0.25, 0.3) is 0 Å². The van der Waals surface area contributed by atoms with E-state index in [4.69, 9.17) is 0 Å². The van der Waals surface area contributed by atoms with Crippen LogP contribution < -0.4 is 4.72 Å². The van der Waals surface area contributed by atoms with Crippen LogP contribution in [-0.2, 0) is 10.0 Å². The van der Waals surface area contributed by atoms with E-state index in [2.05, 4.69) is 14.7 Å². The predicted molar refractivity (Wildman–Crippen MR) is 70.0 cm³/mol. The van der Waals surface area contributed by atoms with E-state index >= 15 is 0 Å². The largest absolute Gasteiger partial charge is 0.332 e. The summed E-state index contributed by atoms with van der Waals surface area (Å²) in [4.78, 5) is 6.61. The fourth-order valence-electron chi connectivity index (χ4n) is 1.70. The fourth-order valence-corrected chi connectivity index (χ4v) is 2.87. The molecule has 2 rings (SSSR count). The van der Waals surface area contributed by atoms with Gasteiger partial charge >= 0.3 is 0 Å². The fraction of sp³-hybridized carbons (Fsp3) is 0.250. The molecule has 1 aromatic heterocycles. The number of aryl methyl sites for hydroxylation is 3. The van der Waals surface area contributed by atoms with Gasteiger partial charge in [0, 0.05) is 0 Å². The molecule has 1 heterocycles. The zero-order valence-electron chi connectivity index (χ0n) is 10.5. The molecule has 5 nitrogen and oxygen atoms in total. The quantitative estimate of drug-likeness (QED) is 0.892. The SMILES string of the molecule is Cc1ncc(S(=O)(=O)Nc2c(C)cccc2C)[nH]1. The van der Waals surface area contributed by atoms with Crippen LogP contribution in [0.3, 0.4) is 0 Å². The van der Waals surface area contributed by atoms with Gasteiger partial charge in [0.2, 0.25) is 0 Å². The molecule has 0 unspecified atom stereocenters. The summed E-state index contributed by atoms with van der Waals surface area (Å²) in [6.45, 7) is 5.43. The van der Waals surface area contributed by atoms with Gasteiger partial charge in [0.25, 0.3) is 10.0 Å². The van der Waals surface area contributed by atoms with E-state index in [1.165, 1.54) is 6.20 Å². The van der Waals surface area contributed by atoms with Crippen LogP contribution in [0.15, 0.2) is 29.4 Å². The first-order valence-electron chi connectivity index (χ1n) is 5.51. The van der Waals surface area contributed by atoms with E-state index in [1.807, 2.05) is 32.0 Å². The van der Waals surface area contributed by atoms with Gasteiger partial charge in [-0.15, -0.1) is 0 Å². The molecule has 0 radical (unpaired) electrons. The molecular weight excluding hydrogens is 250 g/mol. The number of aromatic nitrogens is 2. The average Bonchev–Trinajstić information content (AvgIpc) is 2.71. The van der Waals surface area contributed by atoms with Crippen molar-refractivity contribution in [3.63, 3.8) is 0 Å². The van der Waals surface area contributed by atoms with Crippen LogP contribution >= 0.6 is 0 Å². The van der Waals surface area contributed by atoms with Gasteiger partial charge in [-0.05, 0) is 31.9 Å². The van der Waals surface area contributed by atoms with Crippen molar-refractivity contribution < 1.29 is 8.42 Å². The summed E-state index contributed by atoms with van der Waals surface area (Å²) in [6.07, 6.45) is 1.31. The number of aromatic amines is 1. The van der Waals surface area contributed by atoms with Crippen LogP contribution in [0.5, 0.6) is 0 Å². The highest BCUT2D eigenvalue weighted by Gasteiger charge is 2.18. The molecule has 18 heavy (non-hydrogen) atoms. The van der Waals surface area contributed by atoms with Gasteiger partial charge in [-0.1, -0.05) is 18.2 Å². The zero-order chi connectivity index (χ0) is 13.3. The first-order chi connectivity index (χ1) is 8.40. The maximum Gasteiger partial charge on any atom is 0.279 e. The molecule has 96 valence electrons. The molecule has 6 heteroatoms. The van der Waals surface area contributed by atoms with E-state index in [0.29, 0.717) is 11.5 Å². The lowest BCUT2D eigenvalue weighted by Crippen LogP contribution is -2.15. The zero-order valence-corrected chi connectivity index (χ0v) is 11.3. The average molecular weight is 265 g/mol. The Morgan fingerprint density at radius 3 is 2.28 bits per heavy atom. The molecular formula is C12H15N3O2S. The normalized spacial score (nSPS) is 11.5. The first-order valence-corrected chi connectivity index (χ1v) is 6.99. The summed E-state index contributed by atoms with van der Waals surface area (Å²) in [5, 5.41) is 0.0719. The second-order valence-electron chi connectivity index (χ2n) is 4.21. The summed E-state index contributed by atoms with van der Waals surface area (Å²) in [6, 6.07) is 5.62. The van der Waals surface area contributed by atoms with Crippen molar-refractivity contribution >= 4 is 15.7 Å². The number of para-hydroxylation sites is 1. The van der Waals surface area contributed by atoms with Crippen molar-refractivity contribution in [3.8, 4) is 0 Å².